The predicted molar refractivity (Wildman–Crippen MR) is 114 cm³/mol. The van der Waals surface area contributed by atoms with E-state index in [1.807, 2.05) is 32.4 Å². The third-order valence-electron chi connectivity index (χ3n) is 4.79. The molecule has 29 heavy (non-hydrogen) atoms. The topological polar surface area (TPSA) is 64.4 Å². The second kappa shape index (κ2) is 10.0. The molecule has 0 aliphatic carbocycles. The zero-order valence-electron chi connectivity index (χ0n) is 18.2. The molecule has 2 aromatic rings. The molecule has 0 aliphatic heterocycles. The number of carbonyl (C=O) groups is 2. The fourth-order valence-corrected chi connectivity index (χ4v) is 3.08. The van der Waals surface area contributed by atoms with E-state index < -0.39 is 5.97 Å². The van der Waals surface area contributed by atoms with Gasteiger partial charge in [-0.1, -0.05) is 29.8 Å². The summed E-state index contributed by atoms with van der Waals surface area (Å²) < 4.78 is 6.92. The summed E-state index contributed by atoms with van der Waals surface area (Å²) in [6, 6.07) is 8.26. The van der Waals surface area contributed by atoms with E-state index in [1.54, 1.807) is 13.0 Å². The number of esters is 1. The van der Waals surface area contributed by atoms with Crippen LogP contribution in [0.15, 0.2) is 30.3 Å². The Kier molecular flexibility index (Phi) is 7.76. The molecule has 0 unspecified atom stereocenters. The van der Waals surface area contributed by atoms with Crippen molar-refractivity contribution < 1.29 is 14.3 Å². The number of hydrogen-bond acceptors (Lipinski definition) is 4. The van der Waals surface area contributed by atoms with Crippen LogP contribution >= 0.6 is 0 Å². The highest BCUT2D eigenvalue weighted by Gasteiger charge is 2.19. The maximum atomic E-state index is 12.7. The number of aryl methyl sites for hydroxylation is 2. The zero-order chi connectivity index (χ0) is 21.6. The average Bonchev–Trinajstić information content (AvgIpc) is 2.92. The van der Waals surface area contributed by atoms with Crippen LogP contribution < -0.4 is 0 Å². The molecule has 156 valence electrons. The van der Waals surface area contributed by atoms with Crippen molar-refractivity contribution in [3.63, 3.8) is 0 Å². The van der Waals surface area contributed by atoms with Crippen molar-refractivity contribution in [2.75, 3.05) is 13.2 Å². The maximum Gasteiger partial charge on any atom is 0.325 e. The molecule has 1 amide bonds. The first-order valence-corrected chi connectivity index (χ1v) is 9.96. The molecule has 6 nitrogen and oxygen atoms in total. The first kappa shape index (κ1) is 22.4. The van der Waals surface area contributed by atoms with Gasteiger partial charge in [-0.3, -0.25) is 14.3 Å². The minimum atomic E-state index is -0.402. The summed E-state index contributed by atoms with van der Waals surface area (Å²) in [6.45, 7) is 12.4. The number of aromatic nitrogens is 2. The van der Waals surface area contributed by atoms with Crippen LogP contribution in [0.5, 0.6) is 0 Å². The van der Waals surface area contributed by atoms with E-state index in [4.69, 9.17) is 4.74 Å². The standard InChI is InChI=1S/C23H31N3O3/c1-7-29-23(28)15-25(16(2)3)22(27)13-12-21-18(5)24-26(19(21)6)14-20-10-8-17(4)9-11-20/h8-13,16H,7,14-15H2,1-6H3/b13-12+. The Morgan fingerprint density at radius 3 is 2.41 bits per heavy atom. The molecular formula is C23H31N3O3. The van der Waals surface area contributed by atoms with E-state index in [0.29, 0.717) is 13.2 Å². The molecule has 0 aliphatic rings. The summed E-state index contributed by atoms with van der Waals surface area (Å²) in [7, 11) is 0. The van der Waals surface area contributed by atoms with Gasteiger partial charge < -0.3 is 9.64 Å². The Morgan fingerprint density at radius 2 is 1.83 bits per heavy atom. The van der Waals surface area contributed by atoms with Gasteiger partial charge in [0.15, 0.2) is 0 Å². The van der Waals surface area contributed by atoms with Gasteiger partial charge in [-0.05, 0) is 53.2 Å². The summed E-state index contributed by atoms with van der Waals surface area (Å²) in [4.78, 5) is 25.9. The van der Waals surface area contributed by atoms with Gasteiger partial charge in [0.25, 0.3) is 0 Å². The highest BCUT2D eigenvalue weighted by Crippen LogP contribution is 2.17. The number of amides is 1. The highest BCUT2D eigenvalue weighted by atomic mass is 16.5. The highest BCUT2D eigenvalue weighted by molar-refractivity contribution is 5.94. The number of nitrogens with zero attached hydrogens (tertiary/aromatic N) is 3. The van der Waals surface area contributed by atoms with Gasteiger partial charge in [-0.15, -0.1) is 0 Å². The van der Waals surface area contributed by atoms with Crippen molar-refractivity contribution in [3.8, 4) is 0 Å². The fraction of sp³-hybridized carbons (Fsp3) is 0.435. The lowest BCUT2D eigenvalue weighted by atomic mass is 10.1. The minimum absolute atomic E-state index is 0.0562. The van der Waals surface area contributed by atoms with Crippen LogP contribution in [0.25, 0.3) is 6.08 Å². The molecule has 1 aromatic carbocycles. The quantitative estimate of drug-likeness (QED) is 0.504. The number of carbonyl (C=O) groups excluding carboxylic acids is 2. The maximum absolute atomic E-state index is 12.7. The predicted octanol–water partition coefficient (Wildman–Crippen LogP) is 3.67. The van der Waals surface area contributed by atoms with E-state index in [0.717, 1.165) is 17.0 Å². The molecule has 0 saturated carbocycles. The molecule has 0 atom stereocenters. The second-order valence-electron chi connectivity index (χ2n) is 7.43. The van der Waals surface area contributed by atoms with Gasteiger partial charge in [0.2, 0.25) is 5.91 Å². The number of rotatable bonds is 8. The monoisotopic (exact) mass is 397 g/mol. The first-order chi connectivity index (χ1) is 13.7. The Morgan fingerprint density at radius 1 is 1.17 bits per heavy atom. The van der Waals surface area contributed by atoms with Crippen LogP contribution in [-0.2, 0) is 20.9 Å². The molecule has 0 fully saturated rings. The van der Waals surface area contributed by atoms with Crippen molar-refractivity contribution in [2.24, 2.45) is 0 Å². The molecule has 0 spiro atoms. The van der Waals surface area contributed by atoms with Gasteiger partial charge in [0.1, 0.15) is 6.54 Å². The molecule has 2 rings (SSSR count). The van der Waals surface area contributed by atoms with E-state index in [9.17, 15) is 9.59 Å². The average molecular weight is 398 g/mol. The van der Waals surface area contributed by atoms with Crippen molar-refractivity contribution in [1.82, 2.24) is 14.7 Å². The van der Waals surface area contributed by atoms with Gasteiger partial charge in [0, 0.05) is 23.4 Å². The van der Waals surface area contributed by atoms with Crippen LogP contribution in [0.4, 0.5) is 0 Å². The molecule has 6 heteroatoms. The van der Waals surface area contributed by atoms with Crippen molar-refractivity contribution in [3.05, 3.63) is 58.4 Å². The first-order valence-electron chi connectivity index (χ1n) is 9.96. The van der Waals surface area contributed by atoms with Gasteiger partial charge >= 0.3 is 5.97 Å². The second-order valence-corrected chi connectivity index (χ2v) is 7.43. The smallest absolute Gasteiger partial charge is 0.325 e. The molecule has 1 aromatic heterocycles. The SMILES string of the molecule is CCOC(=O)CN(C(=O)/C=C/c1c(C)nn(Cc2ccc(C)cc2)c1C)C(C)C. The Labute approximate surface area is 173 Å². The lowest BCUT2D eigenvalue weighted by Gasteiger charge is -2.24. The van der Waals surface area contributed by atoms with Crippen molar-refractivity contribution in [2.45, 2.75) is 54.1 Å². The lowest BCUT2D eigenvalue weighted by Crippen LogP contribution is -2.40. The molecule has 0 radical (unpaired) electrons. The number of ether oxygens (including phenoxy) is 1. The van der Waals surface area contributed by atoms with E-state index >= 15 is 0 Å². The van der Waals surface area contributed by atoms with Gasteiger partial charge in [-0.2, -0.15) is 5.10 Å². The summed E-state index contributed by atoms with van der Waals surface area (Å²) in [5, 5.41) is 4.62. The minimum Gasteiger partial charge on any atom is -0.465 e. The number of benzene rings is 1. The summed E-state index contributed by atoms with van der Waals surface area (Å²) in [5.74, 6) is -0.626. The molecule has 0 N–H and O–H groups in total. The Hall–Kier alpha value is -2.89. The summed E-state index contributed by atoms with van der Waals surface area (Å²) in [6.07, 6.45) is 3.29. The van der Waals surface area contributed by atoms with Crippen LogP contribution in [-0.4, -0.2) is 45.8 Å². The van der Waals surface area contributed by atoms with Crippen LogP contribution in [0.2, 0.25) is 0 Å². The van der Waals surface area contributed by atoms with E-state index in [2.05, 4.69) is 36.3 Å². The summed E-state index contributed by atoms with van der Waals surface area (Å²) >= 11 is 0. The van der Waals surface area contributed by atoms with E-state index in [-0.39, 0.29) is 18.5 Å². The van der Waals surface area contributed by atoms with Crippen LogP contribution in [0, 0.1) is 20.8 Å². The van der Waals surface area contributed by atoms with E-state index in [1.165, 1.54) is 22.1 Å². The lowest BCUT2D eigenvalue weighted by molar-refractivity contribution is -0.148. The normalized spacial score (nSPS) is 11.3. The van der Waals surface area contributed by atoms with Crippen molar-refractivity contribution >= 4 is 18.0 Å². The van der Waals surface area contributed by atoms with Crippen LogP contribution in [0.1, 0.15) is 48.8 Å². The zero-order valence-corrected chi connectivity index (χ0v) is 18.2. The molecule has 0 bridgehead atoms. The third-order valence-corrected chi connectivity index (χ3v) is 4.79. The van der Waals surface area contributed by atoms with Crippen molar-refractivity contribution in [1.29, 1.82) is 0 Å². The summed E-state index contributed by atoms with van der Waals surface area (Å²) in [5.41, 5.74) is 5.18. The Balaban J connectivity index is 2.16. The largest absolute Gasteiger partial charge is 0.465 e. The molecule has 1 heterocycles. The van der Waals surface area contributed by atoms with Crippen LogP contribution in [0.3, 0.4) is 0 Å². The molecular weight excluding hydrogens is 366 g/mol. The molecule has 0 saturated heterocycles. The van der Waals surface area contributed by atoms with Gasteiger partial charge in [-0.25, -0.2) is 0 Å². The fourth-order valence-electron chi connectivity index (χ4n) is 3.08. The van der Waals surface area contributed by atoms with Gasteiger partial charge in [0.05, 0.1) is 18.8 Å². The Bertz CT molecular complexity index is 880. The third kappa shape index (κ3) is 6.04. The number of hydrogen-bond donors (Lipinski definition) is 0.